The highest BCUT2D eigenvalue weighted by Crippen LogP contribution is 2.18. The van der Waals surface area contributed by atoms with Crippen LogP contribution < -0.4 is 14.7 Å². The molecule has 0 rings (SSSR count). The first-order chi connectivity index (χ1) is 42.9. The summed E-state index contributed by atoms with van der Waals surface area (Å²) >= 11 is 0. The van der Waals surface area contributed by atoms with Gasteiger partial charge in [-0.2, -0.15) is 0 Å². The number of hydrogen-bond acceptors (Lipinski definition) is 0. The van der Waals surface area contributed by atoms with E-state index in [1.807, 2.05) is 0 Å². The number of rotatable bonds is 75. The molecule has 3 N–H and O–H groups in total. The molecule has 3 nitrogen and oxygen atoms in total. The second-order valence-electron chi connectivity index (χ2n) is 29.9. The fraction of sp³-hybridized carbons (Fsp3) is 1.00. The van der Waals surface area contributed by atoms with E-state index in [-0.39, 0.29) is 0 Å². The number of nitrogens with one attached hydrogen (secondary N) is 3. The molecule has 0 aromatic carbocycles. The van der Waals surface area contributed by atoms with E-state index < -0.39 is 0 Å². The average molecular weight is 1230 g/mol. The van der Waals surface area contributed by atoms with Crippen LogP contribution in [0.25, 0.3) is 0 Å². The Bertz CT molecular complexity index is 1020. The zero-order valence-electron chi connectivity index (χ0n) is 63.5. The minimum Gasteiger partial charge on any atom is -0.340 e. The first kappa shape index (κ1) is 91.1. The highest BCUT2D eigenvalue weighted by Gasteiger charge is 2.05. The topological polar surface area (TPSA) is 13.3 Å². The molecule has 0 unspecified atom stereocenters. The van der Waals surface area contributed by atoms with Crippen LogP contribution in [-0.2, 0) is 0 Å². The van der Waals surface area contributed by atoms with E-state index in [0.29, 0.717) is 0 Å². The van der Waals surface area contributed by atoms with E-state index in [9.17, 15) is 0 Å². The van der Waals surface area contributed by atoms with Gasteiger partial charge in [-0.15, -0.1) is 0 Å². The summed E-state index contributed by atoms with van der Waals surface area (Å²) in [5.41, 5.74) is 0. The van der Waals surface area contributed by atoms with Crippen LogP contribution in [0.15, 0.2) is 0 Å². The van der Waals surface area contributed by atoms with Crippen LogP contribution in [0.5, 0.6) is 0 Å². The van der Waals surface area contributed by atoms with Crippen molar-refractivity contribution >= 4 is 0 Å². The lowest BCUT2D eigenvalue weighted by molar-refractivity contribution is -0.880. The van der Waals surface area contributed by atoms with Gasteiger partial charge >= 0.3 is 0 Å². The minimum absolute atomic E-state index is 1.34. The van der Waals surface area contributed by atoms with Gasteiger partial charge in [0.05, 0.1) is 60.9 Å². The van der Waals surface area contributed by atoms with Crippen LogP contribution in [0.2, 0.25) is 0 Å². The maximum absolute atomic E-state index is 2.43. The normalized spacial score (nSPS) is 11.6. The lowest BCUT2D eigenvalue weighted by Gasteiger charge is -2.13. The molecule has 0 amide bonds. The summed E-state index contributed by atoms with van der Waals surface area (Å²) < 4.78 is 0. The maximum Gasteiger partial charge on any atom is 0.0768 e. The number of quaternary nitrogens is 3. The molecule has 0 aromatic heterocycles. The molecule has 528 valence electrons. The van der Waals surface area contributed by atoms with Gasteiger partial charge in [-0.25, -0.2) is 0 Å². The van der Waals surface area contributed by atoms with Gasteiger partial charge in [0.2, 0.25) is 0 Å². The molecule has 0 aliphatic carbocycles. The first-order valence-corrected chi connectivity index (χ1v) is 42.3. The van der Waals surface area contributed by atoms with Crippen LogP contribution in [0, 0.1) is 0 Å². The van der Waals surface area contributed by atoms with Gasteiger partial charge in [-0.3, -0.25) is 0 Å². The Hall–Kier alpha value is -0.120. The standard InChI is InChI=1S/C37H77N.C33H69N.C14H31N/c1-4-6-8-10-12-14-16-18-20-22-24-26-28-30-32-34-36-38(3)37-35-33-31-29-27-25-23-21-19-17-15-13-11-9-7-5-2;1-4-6-8-10-12-14-16-18-20-22-24-26-28-30-32-34(3)33-31-29-27-25-23-21-19-17-15-13-11-9-7-5-2;1-4-5-6-7-8-9-10-11-12-13-14-15(2)3/h4-37H2,1-3H3;4-33H2,1-3H3;4-14H2,1-3H3/p+3. The second kappa shape index (κ2) is 87.9. The third-order valence-electron chi connectivity index (χ3n) is 19.9. The Balaban J connectivity index is -0.00000132. The fourth-order valence-corrected chi connectivity index (χ4v) is 13.4. The van der Waals surface area contributed by atoms with E-state index >= 15 is 0 Å². The average Bonchev–Trinajstić information content (AvgIpc) is 3.51. The highest BCUT2D eigenvalue weighted by atomic mass is 15.1. The molecule has 0 spiro atoms. The quantitative estimate of drug-likeness (QED) is 0.0503. The van der Waals surface area contributed by atoms with Crippen LogP contribution in [-0.4, -0.2) is 60.9 Å². The van der Waals surface area contributed by atoms with Crippen molar-refractivity contribution in [3.8, 4) is 0 Å². The molecule has 0 saturated heterocycles. The lowest BCUT2D eigenvalue weighted by atomic mass is 10.0. The van der Waals surface area contributed by atoms with Crippen molar-refractivity contribution in [2.24, 2.45) is 0 Å². The van der Waals surface area contributed by atoms with Crippen LogP contribution >= 0.6 is 0 Å². The van der Waals surface area contributed by atoms with Gasteiger partial charge in [0.15, 0.2) is 0 Å². The van der Waals surface area contributed by atoms with Crippen LogP contribution in [0.1, 0.15) is 484 Å². The molecule has 0 heterocycles. The molecule has 0 aliphatic rings. The summed E-state index contributed by atoms with van der Waals surface area (Å²) in [5, 5.41) is 0. The van der Waals surface area contributed by atoms with Gasteiger partial charge in [-0.05, 0) is 64.2 Å². The van der Waals surface area contributed by atoms with Crippen LogP contribution in [0.4, 0.5) is 0 Å². The maximum atomic E-state index is 2.43. The van der Waals surface area contributed by atoms with Gasteiger partial charge in [-0.1, -0.05) is 420 Å². The molecule has 0 aliphatic heterocycles. The minimum atomic E-state index is 1.34. The Labute approximate surface area is 556 Å². The predicted molar refractivity (Wildman–Crippen MR) is 402 cm³/mol. The second-order valence-corrected chi connectivity index (χ2v) is 29.9. The van der Waals surface area contributed by atoms with E-state index in [1.165, 1.54) is 482 Å². The summed E-state index contributed by atoms with van der Waals surface area (Å²) in [5.74, 6) is 0. The Morgan fingerprint density at radius 1 is 0.115 bits per heavy atom. The largest absolute Gasteiger partial charge is 0.340 e. The summed E-state index contributed by atoms with van der Waals surface area (Å²) in [7, 11) is 9.34. The van der Waals surface area contributed by atoms with E-state index in [2.05, 4.69) is 62.8 Å². The van der Waals surface area contributed by atoms with Crippen molar-refractivity contribution in [3.63, 3.8) is 0 Å². The molecule has 0 bridgehead atoms. The monoisotopic (exact) mass is 1230 g/mol. The van der Waals surface area contributed by atoms with Crippen molar-refractivity contribution in [1.82, 2.24) is 0 Å². The summed E-state index contributed by atoms with van der Waals surface area (Å²) in [6.07, 6.45) is 103. The fourth-order valence-electron chi connectivity index (χ4n) is 13.4. The molecule has 0 fully saturated rings. The highest BCUT2D eigenvalue weighted by molar-refractivity contribution is 4.55. The van der Waals surface area contributed by atoms with Crippen LogP contribution in [0.3, 0.4) is 0 Å². The summed E-state index contributed by atoms with van der Waals surface area (Å²) in [4.78, 5) is 5.15. The number of hydrogen-bond donors (Lipinski definition) is 3. The van der Waals surface area contributed by atoms with Crippen molar-refractivity contribution in [2.45, 2.75) is 484 Å². The van der Waals surface area contributed by atoms with Gasteiger partial charge < -0.3 is 14.7 Å². The summed E-state index contributed by atoms with van der Waals surface area (Å²) in [6.45, 7) is 18.5. The molecule has 0 atom stereocenters. The zero-order valence-corrected chi connectivity index (χ0v) is 63.5. The van der Waals surface area contributed by atoms with E-state index in [0.717, 1.165) is 0 Å². The Morgan fingerprint density at radius 3 is 0.310 bits per heavy atom. The van der Waals surface area contributed by atoms with Gasteiger partial charge in [0, 0.05) is 0 Å². The molecular weight excluding hydrogens is 1050 g/mol. The Morgan fingerprint density at radius 2 is 0.207 bits per heavy atom. The molecule has 87 heavy (non-hydrogen) atoms. The third-order valence-corrected chi connectivity index (χ3v) is 19.9. The van der Waals surface area contributed by atoms with Crippen molar-refractivity contribution < 1.29 is 14.7 Å². The van der Waals surface area contributed by atoms with Crippen molar-refractivity contribution in [3.05, 3.63) is 0 Å². The Kier molecular flexibility index (Phi) is 92.1. The molecular formula is C84H180N3+3. The van der Waals surface area contributed by atoms with Gasteiger partial charge in [0.1, 0.15) is 0 Å². The van der Waals surface area contributed by atoms with E-state index in [4.69, 9.17) is 0 Å². The van der Waals surface area contributed by atoms with Crippen molar-refractivity contribution in [2.75, 3.05) is 60.9 Å². The first-order valence-electron chi connectivity index (χ1n) is 42.3. The van der Waals surface area contributed by atoms with E-state index in [1.54, 1.807) is 14.7 Å². The lowest BCUT2D eigenvalue weighted by Crippen LogP contribution is -3.09. The molecule has 0 aromatic rings. The molecule has 0 radical (unpaired) electrons. The SMILES string of the molecule is CCCCCCCCCCCCCCCCCC[NH+](C)CCCCCCCCCCCCCCCCCC.CCCCCCCCCCCCCCCC[NH+](C)CCCCCCCCCCCCCCCC.CCCCCCCCCCCC[NH+](C)C. The zero-order chi connectivity index (χ0) is 63.8. The number of unbranched alkanes of at least 4 members (excludes halogenated alkanes) is 65. The molecule has 0 saturated carbocycles. The smallest absolute Gasteiger partial charge is 0.0768 e. The molecule has 3 heteroatoms. The third kappa shape index (κ3) is 94.7. The van der Waals surface area contributed by atoms with Gasteiger partial charge in [0.25, 0.3) is 0 Å². The predicted octanol–water partition coefficient (Wildman–Crippen LogP) is 25.5. The van der Waals surface area contributed by atoms with Crippen molar-refractivity contribution in [1.29, 1.82) is 0 Å². The summed E-state index contributed by atoms with van der Waals surface area (Å²) in [6, 6.07) is 0.